The minimum absolute atomic E-state index is 0.00738. The van der Waals surface area contributed by atoms with Crippen LogP contribution in [0.1, 0.15) is 30.7 Å². The Morgan fingerprint density at radius 1 is 1.31 bits per heavy atom. The van der Waals surface area contributed by atoms with Crippen molar-refractivity contribution in [2.24, 2.45) is 0 Å². The van der Waals surface area contributed by atoms with Crippen molar-refractivity contribution in [3.63, 3.8) is 0 Å². The molecule has 144 valence electrons. The molecule has 0 saturated carbocycles. The Morgan fingerprint density at radius 3 is 2.77 bits per heavy atom. The second-order valence-electron chi connectivity index (χ2n) is 6.02. The zero-order valence-corrected chi connectivity index (χ0v) is 15.7. The van der Waals surface area contributed by atoms with Gasteiger partial charge in [0.15, 0.2) is 5.76 Å². The predicted octanol–water partition coefficient (Wildman–Crippen LogP) is 2.61. The Labute approximate surface area is 159 Å². The van der Waals surface area contributed by atoms with Gasteiger partial charge in [-0.1, -0.05) is 23.7 Å². The van der Waals surface area contributed by atoms with Gasteiger partial charge in [-0.2, -0.15) is 0 Å². The maximum absolute atomic E-state index is 12.4. The molecule has 1 aromatic rings. The monoisotopic (exact) mass is 383 g/mol. The normalized spacial score (nSPS) is 19.6. The van der Waals surface area contributed by atoms with Gasteiger partial charge in [0.05, 0.1) is 13.2 Å². The lowest BCUT2D eigenvalue weighted by atomic mass is 9.93. The number of carbonyl (C=O) groups is 1. The van der Waals surface area contributed by atoms with Gasteiger partial charge >= 0.3 is 0 Å². The fourth-order valence-corrected chi connectivity index (χ4v) is 2.77. The topological polar surface area (TPSA) is 77.0 Å². The van der Waals surface area contributed by atoms with E-state index < -0.39 is 6.29 Å². The molecule has 1 aromatic carbocycles. The van der Waals surface area contributed by atoms with Crippen LogP contribution in [0, 0.1) is 0 Å². The molecule has 0 aliphatic carbocycles. The number of hydrogen-bond donors (Lipinski definition) is 2. The molecule has 26 heavy (non-hydrogen) atoms. The minimum Gasteiger partial charge on any atom is -0.459 e. The summed E-state index contributed by atoms with van der Waals surface area (Å²) < 4.78 is 16.4. The van der Waals surface area contributed by atoms with Crippen LogP contribution in [0.25, 0.3) is 0 Å². The number of hydrogen-bond acceptors (Lipinski definition) is 5. The van der Waals surface area contributed by atoms with Crippen LogP contribution in [0.2, 0.25) is 5.02 Å². The third-order valence-corrected chi connectivity index (χ3v) is 4.28. The number of allylic oxidation sites excluding steroid dienone is 1. The highest BCUT2D eigenvalue weighted by molar-refractivity contribution is 6.30. The third-order valence-electron chi connectivity index (χ3n) is 4.03. The first-order valence-corrected chi connectivity index (χ1v) is 9.15. The average molecular weight is 384 g/mol. The summed E-state index contributed by atoms with van der Waals surface area (Å²) in [5.41, 5.74) is 1.05. The highest BCUT2D eigenvalue weighted by atomic mass is 35.5. The molecule has 6 nitrogen and oxygen atoms in total. The summed E-state index contributed by atoms with van der Waals surface area (Å²) in [6.45, 7) is 1.44. The second-order valence-corrected chi connectivity index (χ2v) is 6.46. The van der Waals surface area contributed by atoms with Crippen molar-refractivity contribution < 1.29 is 24.1 Å². The van der Waals surface area contributed by atoms with Gasteiger partial charge in [-0.3, -0.25) is 4.79 Å². The van der Waals surface area contributed by atoms with Crippen molar-refractivity contribution >= 4 is 17.5 Å². The lowest BCUT2D eigenvalue weighted by molar-refractivity contribution is -0.146. The van der Waals surface area contributed by atoms with Gasteiger partial charge in [0.2, 0.25) is 6.29 Å². The standard InChI is InChI=1S/C19H26ClNO5/c1-24-11-8-21-19(23)17-12-15(14-4-6-16(20)7-5-14)13-18(26-17)25-10-3-2-9-22/h4-7,12,15,18,22H,2-3,8-11,13H2,1H3,(H,21,23)/t15-,18+/m1/s1. The van der Waals surface area contributed by atoms with Crippen LogP contribution >= 0.6 is 11.6 Å². The molecule has 0 aromatic heterocycles. The molecule has 0 saturated heterocycles. The van der Waals surface area contributed by atoms with Crippen LogP contribution in [0.3, 0.4) is 0 Å². The van der Waals surface area contributed by atoms with E-state index in [1.165, 1.54) is 0 Å². The first-order valence-electron chi connectivity index (χ1n) is 8.77. The fourth-order valence-electron chi connectivity index (χ4n) is 2.64. The molecule has 2 N–H and O–H groups in total. The first-order chi connectivity index (χ1) is 12.6. The van der Waals surface area contributed by atoms with Gasteiger partial charge in [-0.15, -0.1) is 0 Å². The van der Waals surface area contributed by atoms with Gasteiger partial charge in [0.1, 0.15) is 0 Å². The summed E-state index contributed by atoms with van der Waals surface area (Å²) in [6, 6.07) is 7.54. The molecule has 1 amide bonds. The summed E-state index contributed by atoms with van der Waals surface area (Å²) in [5, 5.41) is 12.3. The molecule has 0 unspecified atom stereocenters. The lowest BCUT2D eigenvalue weighted by Gasteiger charge is -2.29. The number of aliphatic hydroxyl groups is 1. The van der Waals surface area contributed by atoms with E-state index in [2.05, 4.69) is 5.32 Å². The number of amides is 1. The fraction of sp³-hybridized carbons (Fsp3) is 0.526. The van der Waals surface area contributed by atoms with Crippen molar-refractivity contribution in [2.45, 2.75) is 31.5 Å². The van der Waals surface area contributed by atoms with E-state index in [1.807, 2.05) is 30.3 Å². The number of halogens is 1. The number of aliphatic hydroxyl groups excluding tert-OH is 1. The highest BCUT2D eigenvalue weighted by Gasteiger charge is 2.28. The zero-order chi connectivity index (χ0) is 18.8. The van der Waals surface area contributed by atoms with E-state index in [0.29, 0.717) is 37.6 Å². The minimum atomic E-state index is -0.512. The quantitative estimate of drug-likeness (QED) is 0.607. The molecular formula is C19H26ClNO5. The number of carbonyl (C=O) groups excluding carboxylic acids is 1. The van der Waals surface area contributed by atoms with E-state index in [1.54, 1.807) is 7.11 Å². The van der Waals surface area contributed by atoms with Crippen molar-refractivity contribution in [3.8, 4) is 0 Å². The Hall–Kier alpha value is -1.60. The number of ether oxygens (including phenoxy) is 3. The van der Waals surface area contributed by atoms with Gasteiger partial charge in [-0.25, -0.2) is 0 Å². The zero-order valence-electron chi connectivity index (χ0n) is 14.9. The molecule has 7 heteroatoms. The van der Waals surface area contributed by atoms with E-state index in [4.69, 9.17) is 30.9 Å². The molecule has 1 heterocycles. The van der Waals surface area contributed by atoms with E-state index in [-0.39, 0.29) is 24.2 Å². The Balaban J connectivity index is 2.06. The van der Waals surface area contributed by atoms with Crippen LogP contribution < -0.4 is 5.32 Å². The molecule has 1 aliphatic rings. The number of unbranched alkanes of at least 4 members (excludes halogenated alkanes) is 1. The van der Waals surface area contributed by atoms with E-state index in [0.717, 1.165) is 12.0 Å². The molecular weight excluding hydrogens is 358 g/mol. The summed E-state index contributed by atoms with van der Waals surface area (Å²) in [6.07, 6.45) is 3.32. The Morgan fingerprint density at radius 2 is 2.08 bits per heavy atom. The second kappa shape index (κ2) is 11.2. The molecule has 2 atom stereocenters. The van der Waals surface area contributed by atoms with E-state index in [9.17, 15) is 4.79 Å². The third kappa shape index (κ3) is 6.61. The number of benzene rings is 1. The SMILES string of the molecule is COCCNC(=O)C1=C[C@@H](c2ccc(Cl)cc2)C[C@@H](OCCCCO)O1. The van der Waals surface area contributed by atoms with Crippen molar-refractivity contribution in [1.82, 2.24) is 5.32 Å². The van der Waals surface area contributed by atoms with Gasteiger partial charge < -0.3 is 24.6 Å². The van der Waals surface area contributed by atoms with Crippen LogP contribution in [0.5, 0.6) is 0 Å². The van der Waals surface area contributed by atoms with Gasteiger partial charge in [0.25, 0.3) is 5.91 Å². The largest absolute Gasteiger partial charge is 0.459 e. The van der Waals surface area contributed by atoms with Crippen LogP contribution in [0.4, 0.5) is 0 Å². The summed E-state index contributed by atoms with van der Waals surface area (Å²) >= 11 is 5.97. The molecule has 1 aliphatic heterocycles. The van der Waals surface area contributed by atoms with Crippen molar-refractivity contribution in [2.75, 3.05) is 33.5 Å². The van der Waals surface area contributed by atoms with Crippen molar-refractivity contribution in [3.05, 3.63) is 46.7 Å². The maximum atomic E-state index is 12.4. The molecule has 0 radical (unpaired) electrons. The number of nitrogens with one attached hydrogen (secondary N) is 1. The number of rotatable bonds is 10. The predicted molar refractivity (Wildman–Crippen MR) is 98.9 cm³/mol. The first kappa shape index (κ1) is 20.7. The van der Waals surface area contributed by atoms with Crippen LogP contribution in [-0.4, -0.2) is 50.8 Å². The molecule has 0 fully saturated rings. The van der Waals surface area contributed by atoms with Crippen molar-refractivity contribution in [1.29, 1.82) is 0 Å². The molecule has 2 rings (SSSR count). The summed E-state index contributed by atoms with van der Waals surface area (Å²) in [5.74, 6) is -0.0452. The van der Waals surface area contributed by atoms with E-state index >= 15 is 0 Å². The maximum Gasteiger partial charge on any atom is 0.286 e. The average Bonchev–Trinajstić information content (AvgIpc) is 2.66. The molecule has 0 spiro atoms. The Kier molecular flexibility index (Phi) is 8.91. The highest BCUT2D eigenvalue weighted by Crippen LogP contribution is 2.32. The van der Waals surface area contributed by atoms with Gasteiger partial charge in [-0.05, 0) is 36.6 Å². The van der Waals surface area contributed by atoms with Crippen LogP contribution in [0.15, 0.2) is 36.1 Å². The number of methoxy groups -OCH3 is 1. The summed E-state index contributed by atoms with van der Waals surface area (Å²) in [4.78, 5) is 12.4. The summed E-state index contributed by atoms with van der Waals surface area (Å²) in [7, 11) is 1.58. The lowest BCUT2D eigenvalue weighted by Crippen LogP contribution is -2.34. The smallest absolute Gasteiger partial charge is 0.286 e. The Bertz CT molecular complexity index is 590. The van der Waals surface area contributed by atoms with Crippen LogP contribution in [-0.2, 0) is 19.0 Å². The molecule has 0 bridgehead atoms. The van der Waals surface area contributed by atoms with Gasteiger partial charge in [0, 0.05) is 37.6 Å².